The molecule has 1 aliphatic rings. The highest BCUT2D eigenvalue weighted by Gasteiger charge is 2.42. The van der Waals surface area contributed by atoms with Gasteiger partial charge in [0, 0.05) is 29.5 Å². The van der Waals surface area contributed by atoms with E-state index in [9.17, 15) is 14.4 Å². The summed E-state index contributed by atoms with van der Waals surface area (Å²) in [4.78, 5) is 38.0. The molecule has 1 heterocycles. The van der Waals surface area contributed by atoms with E-state index in [1.165, 1.54) is 6.92 Å². The highest BCUT2D eigenvalue weighted by atomic mass is 16.2. The minimum atomic E-state index is -0.658. The van der Waals surface area contributed by atoms with Crippen molar-refractivity contribution >= 4 is 29.0 Å². The number of ketones is 1. The van der Waals surface area contributed by atoms with Crippen LogP contribution in [0.4, 0.5) is 11.4 Å². The SMILES string of the molecule is CC(=O)c1cccc(NC(=O)c2ccc3c(c2)C(C)(C)C(=O)N3C)c1. The Balaban J connectivity index is 1.90. The van der Waals surface area contributed by atoms with E-state index in [1.54, 1.807) is 54.4 Å². The molecule has 5 nitrogen and oxygen atoms in total. The fourth-order valence-electron chi connectivity index (χ4n) is 3.13. The maximum Gasteiger partial charge on any atom is 0.255 e. The minimum Gasteiger partial charge on any atom is -0.322 e. The fraction of sp³-hybridized carbons (Fsp3) is 0.250. The average molecular weight is 336 g/mol. The molecule has 1 N–H and O–H groups in total. The van der Waals surface area contributed by atoms with Gasteiger partial charge in [0.25, 0.3) is 5.91 Å². The summed E-state index contributed by atoms with van der Waals surface area (Å²) in [6, 6.07) is 12.1. The van der Waals surface area contributed by atoms with Crippen LogP contribution in [0, 0.1) is 0 Å². The molecule has 0 bridgehead atoms. The normalized spacial score (nSPS) is 15.0. The van der Waals surface area contributed by atoms with Gasteiger partial charge in [-0.15, -0.1) is 0 Å². The van der Waals surface area contributed by atoms with Crippen LogP contribution < -0.4 is 10.2 Å². The first-order chi connectivity index (χ1) is 11.7. The summed E-state index contributed by atoms with van der Waals surface area (Å²) in [7, 11) is 1.74. The lowest BCUT2D eigenvalue weighted by molar-refractivity contribution is -0.121. The molecule has 3 rings (SSSR count). The Hall–Kier alpha value is -2.95. The first kappa shape index (κ1) is 16.9. The van der Waals surface area contributed by atoms with Crippen molar-refractivity contribution in [3.05, 3.63) is 59.2 Å². The standard InChI is InChI=1S/C20H20N2O3/c1-12(23)13-6-5-7-15(10-13)21-18(24)14-8-9-17-16(11-14)20(2,3)19(25)22(17)4/h5-11H,1-4H3,(H,21,24). The molecule has 0 spiro atoms. The topological polar surface area (TPSA) is 66.5 Å². The quantitative estimate of drug-likeness (QED) is 0.874. The third-order valence-corrected chi connectivity index (χ3v) is 4.66. The van der Waals surface area contributed by atoms with Gasteiger partial charge in [0.2, 0.25) is 5.91 Å². The van der Waals surface area contributed by atoms with Crippen molar-refractivity contribution in [3.8, 4) is 0 Å². The molecule has 0 saturated heterocycles. The highest BCUT2D eigenvalue weighted by molar-refractivity contribution is 6.10. The summed E-state index contributed by atoms with van der Waals surface area (Å²) < 4.78 is 0. The van der Waals surface area contributed by atoms with Gasteiger partial charge in [-0.3, -0.25) is 14.4 Å². The van der Waals surface area contributed by atoms with Gasteiger partial charge in [-0.2, -0.15) is 0 Å². The summed E-state index contributed by atoms with van der Waals surface area (Å²) in [5.41, 5.74) is 2.58. The molecule has 1 aliphatic heterocycles. The lowest BCUT2D eigenvalue weighted by Crippen LogP contribution is -2.33. The van der Waals surface area contributed by atoms with Crippen LogP contribution in [0.3, 0.4) is 0 Å². The van der Waals surface area contributed by atoms with Crippen molar-refractivity contribution in [1.29, 1.82) is 0 Å². The molecule has 2 amide bonds. The van der Waals surface area contributed by atoms with Crippen molar-refractivity contribution in [3.63, 3.8) is 0 Å². The van der Waals surface area contributed by atoms with E-state index in [0.29, 0.717) is 16.8 Å². The number of nitrogens with one attached hydrogen (secondary N) is 1. The van der Waals surface area contributed by atoms with Crippen molar-refractivity contribution in [1.82, 2.24) is 0 Å². The second-order valence-corrected chi connectivity index (χ2v) is 6.81. The molecule has 0 saturated carbocycles. The van der Waals surface area contributed by atoms with Crippen LogP contribution >= 0.6 is 0 Å². The van der Waals surface area contributed by atoms with Gasteiger partial charge in [0.05, 0.1) is 5.41 Å². The second kappa shape index (κ2) is 5.84. The summed E-state index contributed by atoms with van der Waals surface area (Å²) in [6.07, 6.45) is 0. The van der Waals surface area contributed by atoms with Crippen LogP contribution in [0.5, 0.6) is 0 Å². The molecule has 2 aromatic rings. The molecule has 0 radical (unpaired) electrons. The van der Waals surface area contributed by atoms with Gasteiger partial charge < -0.3 is 10.2 Å². The van der Waals surface area contributed by atoms with E-state index in [-0.39, 0.29) is 17.6 Å². The molecule has 5 heteroatoms. The van der Waals surface area contributed by atoms with E-state index in [0.717, 1.165) is 11.3 Å². The van der Waals surface area contributed by atoms with Gasteiger partial charge in [0.15, 0.2) is 5.78 Å². The molecule has 0 fully saturated rings. The van der Waals surface area contributed by atoms with E-state index < -0.39 is 5.41 Å². The van der Waals surface area contributed by atoms with Crippen molar-refractivity contribution in [2.75, 3.05) is 17.3 Å². The molecule has 0 unspecified atom stereocenters. The molecule has 0 aliphatic carbocycles. The lowest BCUT2D eigenvalue weighted by atomic mass is 9.85. The van der Waals surface area contributed by atoms with Gasteiger partial charge in [-0.05, 0) is 56.7 Å². The minimum absolute atomic E-state index is 0.00853. The maximum atomic E-state index is 12.6. The van der Waals surface area contributed by atoms with Crippen molar-refractivity contribution < 1.29 is 14.4 Å². The first-order valence-electron chi connectivity index (χ1n) is 8.07. The van der Waals surface area contributed by atoms with Gasteiger partial charge in [-0.1, -0.05) is 12.1 Å². The number of rotatable bonds is 3. The molecular weight excluding hydrogens is 316 g/mol. The number of nitrogens with zero attached hydrogens (tertiary/aromatic N) is 1. The molecule has 25 heavy (non-hydrogen) atoms. The molecule has 0 atom stereocenters. The Kier molecular flexibility index (Phi) is 3.95. The number of anilines is 2. The van der Waals surface area contributed by atoms with E-state index in [2.05, 4.69) is 5.32 Å². The predicted octanol–water partition coefficient (Wildman–Crippen LogP) is 3.40. The van der Waals surface area contributed by atoms with Crippen LogP contribution in [-0.4, -0.2) is 24.6 Å². The number of hydrogen-bond donors (Lipinski definition) is 1. The number of hydrogen-bond acceptors (Lipinski definition) is 3. The zero-order valence-corrected chi connectivity index (χ0v) is 14.7. The number of fused-ring (bicyclic) bond motifs is 1. The van der Waals surface area contributed by atoms with E-state index >= 15 is 0 Å². The Morgan fingerprint density at radius 1 is 1.04 bits per heavy atom. The smallest absolute Gasteiger partial charge is 0.255 e. The number of Topliss-reactive ketones (excluding diaryl/α,β-unsaturated/α-hetero) is 1. The number of benzene rings is 2. The van der Waals surface area contributed by atoms with Crippen LogP contribution in [0.1, 0.15) is 47.1 Å². The third-order valence-electron chi connectivity index (χ3n) is 4.66. The van der Waals surface area contributed by atoms with Crippen molar-refractivity contribution in [2.24, 2.45) is 0 Å². The summed E-state index contributed by atoms with van der Waals surface area (Å²) in [6.45, 7) is 5.20. The van der Waals surface area contributed by atoms with Crippen LogP contribution in [-0.2, 0) is 10.2 Å². The van der Waals surface area contributed by atoms with Crippen LogP contribution in [0.15, 0.2) is 42.5 Å². The summed E-state index contributed by atoms with van der Waals surface area (Å²) >= 11 is 0. The fourth-order valence-corrected chi connectivity index (χ4v) is 3.13. The van der Waals surface area contributed by atoms with Gasteiger partial charge in [0.1, 0.15) is 0 Å². The Labute approximate surface area is 146 Å². The summed E-state index contributed by atoms with van der Waals surface area (Å²) in [5.74, 6) is -0.326. The average Bonchev–Trinajstić information content (AvgIpc) is 2.75. The summed E-state index contributed by atoms with van der Waals surface area (Å²) in [5, 5.41) is 2.80. The number of amides is 2. The van der Waals surface area contributed by atoms with Crippen LogP contribution in [0.2, 0.25) is 0 Å². The maximum absolute atomic E-state index is 12.6. The Bertz CT molecular complexity index is 900. The second-order valence-electron chi connectivity index (χ2n) is 6.81. The molecule has 0 aromatic heterocycles. The van der Waals surface area contributed by atoms with Crippen molar-refractivity contribution in [2.45, 2.75) is 26.2 Å². The number of likely N-dealkylation sites (N-methyl/N-ethyl adjacent to an activating group) is 1. The number of carbonyl (C=O) groups excluding carboxylic acids is 3. The largest absolute Gasteiger partial charge is 0.322 e. The third kappa shape index (κ3) is 2.82. The number of carbonyl (C=O) groups is 3. The van der Waals surface area contributed by atoms with Gasteiger partial charge >= 0.3 is 0 Å². The molecule has 2 aromatic carbocycles. The van der Waals surface area contributed by atoms with E-state index in [4.69, 9.17) is 0 Å². The molecule has 128 valence electrons. The monoisotopic (exact) mass is 336 g/mol. The van der Waals surface area contributed by atoms with Crippen LogP contribution in [0.25, 0.3) is 0 Å². The predicted molar refractivity (Wildman–Crippen MR) is 97.3 cm³/mol. The lowest BCUT2D eigenvalue weighted by Gasteiger charge is -2.16. The zero-order chi connectivity index (χ0) is 18.4. The van der Waals surface area contributed by atoms with Gasteiger partial charge in [-0.25, -0.2) is 0 Å². The first-order valence-corrected chi connectivity index (χ1v) is 8.07. The zero-order valence-electron chi connectivity index (χ0n) is 14.7. The van der Waals surface area contributed by atoms with E-state index in [1.807, 2.05) is 13.8 Å². The Morgan fingerprint density at radius 3 is 2.44 bits per heavy atom. The Morgan fingerprint density at radius 2 is 1.76 bits per heavy atom. The highest BCUT2D eigenvalue weighted by Crippen LogP contribution is 2.41. The molecular formula is C20H20N2O3.